The van der Waals surface area contributed by atoms with Crippen molar-refractivity contribution in [3.63, 3.8) is 0 Å². The van der Waals surface area contributed by atoms with Gasteiger partial charge in [0, 0.05) is 24.4 Å². The second-order valence-corrected chi connectivity index (χ2v) is 8.22. The fourth-order valence-corrected chi connectivity index (χ4v) is 4.46. The number of thiophene rings is 1. The zero-order valence-corrected chi connectivity index (χ0v) is 14.3. The van der Waals surface area contributed by atoms with Crippen molar-refractivity contribution in [3.8, 4) is 0 Å². The minimum absolute atomic E-state index is 0.134. The summed E-state index contributed by atoms with van der Waals surface area (Å²) in [5.41, 5.74) is 0.592. The predicted octanol–water partition coefficient (Wildman–Crippen LogP) is 2.46. The fourth-order valence-electron chi connectivity index (χ4n) is 3.59. The largest absolute Gasteiger partial charge is 0.351 e. The van der Waals surface area contributed by atoms with Gasteiger partial charge < -0.3 is 10.2 Å². The zero-order chi connectivity index (χ0) is 15.9. The molecule has 2 aliphatic rings. The Labute approximate surface area is 135 Å². The van der Waals surface area contributed by atoms with Crippen molar-refractivity contribution in [3.05, 3.63) is 21.9 Å². The van der Waals surface area contributed by atoms with Gasteiger partial charge in [0.15, 0.2) is 0 Å². The van der Waals surface area contributed by atoms with Gasteiger partial charge in [0.2, 0.25) is 11.8 Å². The van der Waals surface area contributed by atoms with Crippen molar-refractivity contribution < 1.29 is 9.59 Å². The summed E-state index contributed by atoms with van der Waals surface area (Å²) >= 11 is 1.69. The van der Waals surface area contributed by atoms with E-state index in [1.807, 2.05) is 18.7 Å². The van der Waals surface area contributed by atoms with E-state index in [2.05, 4.69) is 23.7 Å². The van der Waals surface area contributed by atoms with Crippen molar-refractivity contribution in [2.75, 3.05) is 13.1 Å². The molecular weight excluding hydrogens is 296 g/mol. The summed E-state index contributed by atoms with van der Waals surface area (Å²) < 4.78 is 0. The third-order valence-electron chi connectivity index (χ3n) is 5.04. The highest BCUT2D eigenvalue weighted by molar-refractivity contribution is 7.10. The van der Waals surface area contributed by atoms with Gasteiger partial charge in [0.25, 0.3) is 0 Å². The van der Waals surface area contributed by atoms with Gasteiger partial charge in [-0.2, -0.15) is 0 Å². The van der Waals surface area contributed by atoms with Gasteiger partial charge in [-0.05, 0) is 56.5 Å². The first kappa shape index (κ1) is 15.5. The Hall–Kier alpha value is -1.36. The second-order valence-electron chi connectivity index (χ2n) is 7.11. The second kappa shape index (κ2) is 5.69. The molecule has 5 heteroatoms. The lowest BCUT2D eigenvalue weighted by molar-refractivity contribution is -0.135. The number of hydrogen-bond donors (Lipinski definition) is 1. The zero-order valence-electron chi connectivity index (χ0n) is 13.5. The van der Waals surface area contributed by atoms with Crippen molar-refractivity contribution in [1.29, 1.82) is 0 Å². The summed E-state index contributed by atoms with van der Waals surface area (Å²) in [5, 5.41) is 5.18. The molecule has 2 saturated heterocycles. The molecule has 3 rings (SSSR count). The number of nitrogens with one attached hydrogen (secondary N) is 1. The molecule has 120 valence electrons. The van der Waals surface area contributed by atoms with Gasteiger partial charge in [-0.15, -0.1) is 11.3 Å². The number of carbonyl (C=O) groups is 2. The average molecular weight is 320 g/mol. The number of hydrogen-bond acceptors (Lipinski definition) is 3. The van der Waals surface area contributed by atoms with Gasteiger partial charge in [-0.3, -0.25) is 9.59 Å². The van der Waals surface area contributed by atoms with Crippen LogP contribution in [-0.2, 0) is 15.0 Å². The van der Waals surface area contributed by atoms with E-state index in [-0.39, 0.29) is 17.9 Å². The maximum Gasteiger partial charge on any atom is 0.232 e. The van der Waals surface area contributed by atoms with Gasteiger partial charge in [-0.25, -0.2) is 0 Å². The number of fused-ring (bicyclic) bond motifs is 1. The van der Waals surface area contributed by atoms with Crippen LogP contribution in [0.5, 0.6) is 0 Å². The Bertz CT molecular complexity index is 593. The Morgan fingerprint density at radius 3 is 2.86 bits per heavy atom. The van der Waals surface area contributed by atoms with E-state index in [0.29, 0.717) is 18.9 Å². The maximum absolute atomic E-state index is 13.0. The van der Waals surface area contributed by atoms with Gasteiger partial charge in [-0.1, -0.05) is 0 Å². The molecule has 1 aromatic heterocycles. The molecule has 0 aromatic carbocycles. The smallest absolute Gasteiger partial charge is 0.232 e. The number of amides is 2. The summed E-state index contributed by atoms with van der Waals surface area (Å²) in [5.74, 6) is 0.720. The highest BCUT2D eigenvalue weighted by atomic mass is 32.1. The Kier molecular flexibility index (Phi) is 4.02. The SMILES string of the molecule is Cc1cc(C(C)(C)C(=O)N2CC3CCCC(=O)NC3C2)cs1. The van der Waals surface area contributed by atoms with Crippen molar-refractivity contribution in [2.45, 2.75) is 51.5 Å². The molecule has 0 radical (unpaired) electrons. The first-order valence-corrected chi connectivity index (χ1v) is 8.90. The van der Waals surface area contributed by atoms with Crippen LogP contribution >= 0.6 is 11.3 Å². The predicted molar refractivity (Wildman–Crippen MR) is 87.9 cm³/mol. The number of carbonyl (C=O) groups excluding carboxylic acids is 2. The van der Waals surface area contributed by atoms with Crippen LogP contribution in [0.2, 0.25) is 0 Å². The number of aryl methyl sites for hydroxylation is 1. The van der Waals surface area contributed by atoms with E-state index in [0.717, 1.165) is 24.9 Å². The molecule has 22 heavy (non-hydrogen) atoms. The highest BCUT2D eigenvalue weighted by Crippen LogP contribution is 2.33. The molecular formula is C17H24N2O2S. The van der Waals surface area contributed by atoms with E-state index in [1.54, 1.807) is 11.3 Å². The molecule has 2 amide bonds. The van der Waals surface area contributed by atoms with Gasteiger partial charge >= 0.3 is 0 Å². The van der Waals surface area contributed by atoms with E-state index in [4.69, 9.17) is 0 Å². The molecule has 0 saturated carbocycles. The number of nitrogens with zero attached hydrogens (tertiary/aromatic N) is 1. The quantitative estimate of drug-likeness (QED) is 0.910. The Balaban J connectivity index is 1.75. The summed E-state index contributed by atoms with van der Waals surface area (Å²) in [6, 6.07) is 2.25. The summed E-state index contributed by atoms with van der Waals surface area (Å²) in [6.07, 6.45) is 2.59. The van der Waals surface area contributed by atoms with Gasteiger partial charge in [0.1, 0.15) is 0 Å². The van der Waals surface area contributed by atoms with Crippen molar-refractivity contribution >= 4 is 23.2 Å². The Morgan fingerprint density at radius 2 is 2.18 bits per heavy atom. The van der Waals surface area contributed by atoms with Crippen molar-refractivity contribution in [1.82, 2.24) is 10.2 Å². The molecule has 2 aliphatic heterocycles. The fraction of sp³-hybridized carbons (Fsp3) is 0.647. The first-order chi connectivity index (χ1) is 10.4. The van der Waals surface area contributed by atoms with Crippen LogP contribution in [0.1, 0.15) is 43.6 Å². The molecule has 0 spiro atoms. The molecule has 2 unspecified atom stereocenters. The standard InChI is InChI=1S/C17H24N2O2S/c1-11-7-13(10-22-11)17(2,3)16(21)19-8-12-5-4-6-15(20)18-14(12)9-19/h7,10,12,14H,4-6,8-9H2,1-3H3,(H,18,20). The maximum atomic E-state index is 13.0. The molecule has 1 N–H and O–H groups in total. The molecule has 0 aliphatic carbocycles. The van der Waals surface area contributed by atoms with Crippen LogP contribution in [0.4, 0.5) is 0 Å². The Morgan fingerprint density at radius 1 is 1.41 bits per heavy atom. The van der Waals surface area contributed by atoms with Crippen LogP contribution in [0, 0.1) is 12.8 Å². The lowest BCUT2D eigenvalue weighted by atomic mass is 9.85. The van der Waals surface area contributed by atoms with Crippen LogP contribution in [0.3, 0.4) is 0 Å². The van der Waals surface area contributed by atoms with E-state index < -0.39 is 5.41 Å². The molecule has 2 fully saturated rings. The third kappa shape index (κ3) is 2.78. The molecule has 4 nitrogen and oxygen atoms in total. The minimum Gasteiger partial charge on any atom is -0.351 e. The van der Waals surface area contributed by atoms with E-state index in [1.165, 1.54) is 4.88 Å². The van der Waals surface area contributed by atoms with E-state index in [9.17, 15) is 9.59 Å². The molecule has 2 atom stereocenters. The highest BCUT2D eigenvalue weighted by Gasteiger charge is 2.42. The van der Waals surface area contributed by atoms with Crippen LogP contribution in [0.25, 0.3) is 0 Å². The minimum atomic E-state index is -0.502. The normalized spacial score (nSPS) is 25.6. The summed E-state index contributed by atoms with van der Waals surface area (Å²) in [4.78, 5) is 27.9. The third-order valence-corrected chi connectivity index (χ3v) is 5.90. The van der Waals surface area contributed by atoms with Crippen molar-refractivity contribution in [2.24, 2.45) is 5.92 Å². The summed E-state index contributed by atoms with van der Waals surface area (Å²) in [7, 11) is 0. The van der Waals surface area contributed by atoms with Crippen LogP contribution in [-0.4, -0.2) is 35.8 Å². The molecule has 3 heterocycles. The van der Waals surface area contributed by atoms with Crippen LogP contribution < -0.4 is 5.32 Å². The monoisotopic (exact) mass is 320 g/mol. The van der Waals surface area contributed by atoms with E-state index >= 15 is 0 Å². The topological polar surface area (TPSA) is 49.4 Å². The summed E-state index contributed by atoms with van der Waals surface area (Å²) in [6.45, 7) is 7.50. The number of likely N-dealkylation sites (tertiary alicyclic amines) is 1. The lowest BCUT2D eigenvalue weighted by Gasteiger charge is -2.29. The first-order valence-electron chi connectivity index (χ1n) is 8.02. The van der Waals surface area contributed by atoms with Crippen LogP contribution in [0.15, 0.2) is 11.4 Å². The van der Waals surface area contributed by atoms with Gasteiger partial charge in [0.05, 0.1) is 11.5 Å². The average Bonchev–Trinajstić information content (AvgIpc) is 3.02. The lowest BCUT2D eigenvalue weighted by Crippen LogP contribution is -2.44. The number of rotatable bonds is 2. The molecule has 1 aromatic rings. The molecule has 0 bridgehead atoms.